The lowest BCUT2D eigenvalue weighted by Crippen LogP contribution is -2.08. The third-order valence-electron chi connectivity index (χ3n) is 3.79. The second-order valence-electron chi connectivity index (χ2n) is 5.23. The number of aromatic nitrogens is 2. The summed E-state index contributed by atoms with van der Waals surface area (Å²) in [6.07, 6.45) is 1.78. The average molecular weight is 290 g/mol. The number of halogens is 1. The van der Waals surface area contributed by atoms with Gasteiger partial charge in [0.2, 0.25) is 0 Å². The van der Waals surface area contributed by atoms with Crippen LogP contribution in [0.25, 0.3) is 0 Å². The molecule has 0 fully saturated rings. The standard InChI is InChI=1S/C17H23FN2O/c1-4-14-17(16(21)6-3)15(5-2)20(19-14)11-12-8-7-9-13(18)10-12/h7-10,16,21H,4-6,11H2,1-3H3. The highest BCUT2D eigenvalue weighted by molar-refractivity contribution is 5.30. The van der Waals surface area contributed by atoms with Gasteiger partial charge in [-0.15, -0.1) is 0 Å². The Labute approximate surface area is 125 Å². The fraction of sp³-hybridized carbons (Fsp3) is 0.471. The quantitative estimate of drug-likeness (QED) is 0.882. The first-order chi connectivity index (χ1) is 10.1. The van der Waals surface area contributed by atoms with Crippen molar-refractivity contribution >= 4 is 0 Å². The van der Waals surface area contributed by atoms with Crippen LogP contribution in [0.5, 0.6) is 0 Å². The van der Waals surface area contributed by atoms with Crippen molar-refractivity contribution in [2.45, 2.75) is 52.7 Å². The smallest absolute Gasteiger partial charge is 0.123 e. The molecule has 114 valence electrons. The van der Waals surface area contributed by atoms with Crippen LogP contribution in [0, 0.1) is 5.82 Å². The van der Waals surface area contributed by atoms with Crippen LogP contribution in [0.3, 0.4) is 0 Å². The lowest BCUT2D eigenvalue weighted by molar-refractivity contribution is 0.171. The van der Waals surface area contributed by atoms with Crippen molar-refractivity contribution in [3.05, 3.63) is 52.6 Å². The SMILES string of the molecule is CCc1nn(Cc2cccc(F)c2)c(CC)c1C(O)CC. The minimum Gasteiger partial charge on any atom is -0.388 e. The fourth-order valence-corrected chi connectivity index (χ4v) is 2.73. The van der Waals surface area contributed by atoms with Crippen LogP contribution < -0.4 is 0 Å². The van der Waals surface area contributed by atoms with Crippen LogP contribution in [0.1, 0.15) is 55.8 Å². The predicted molar refractivity (Wildman–Crippen MR) is 81.7 cm³/mol. The Morgan fingerprint density at radius 1 is 1.24 bits per heavy atom. The molecule has 1 atom stereocenters. The van der Waals surface area contributed by atoms with Crippen LogP contribution in [0.2, 0.25) is 0 Å². The maximum absolute atomic E-state index is 13.3. The third kappa shape index (κ3) is 3.32. The molecule has 0 saturated heterocycles. The van der Waals surface area contributed by atoms with E-state index < -0.39 is 6.10 Å². The van der Waals surface area contributed by atoms with E-state index in [0.29, 0.717) is 13.0 Å². The van der Waals surface area contributed by atoms with Crippen LogP contribution in [0.15, 0.2) is 24.3 Å². The summed E-state index contributed by atoms with van der Waals surface area (Å²) in [5, 5.41) is 14.9. The van der Waals surface area contributed by atoms with Crippen molar-refractivity contribution in [1.82, 2.24) is 9.78 Å². The van der Waals surface area contributed by atoms with Gasteiger partial charge in [-0.1, -0.05) is 32.9 Å². The molecular formula is C17H23FN2O. The number of benzene rings is 1. The highest BCUT2D eigenvalue weighted by atomic mass is 19.1. The van der Waals surface area contributed by atoms with Crippen LogP contribution in [-0.2, 0) is 19.4 Å². The van der Waals surface area contributed by atoms with Crippen molar-refractivity contribution in [3.63, 3.8) is 0 Å². The summed E-state index contributed by atoms with van der Waals surface area (Å²) < 4.78 is 15.2. The van der Waals surface area contributed by atoms with E-state index in [1.54, 1.807) is 6.07 Å². The molecule has 0 amide bonds. The molecule has 0 aliphatic carbocycles. The highest BCUT2D eigenvalue weighted by Crippen LogP contribution is 2.26. The van der Waals surface area contributed by atoms with Crippen molar-refractivity contribution in [1.29, 1.82) is 0 Å². The Hall–Kier alpha value is -1.68. The van der Waals surface area contributed by atoms with Crippen molar-refractivity contribution in [3.8, 4) is 0 Å². The molecule has 1 aromatic heterocycles. The summed E-state index contributed by atoms with van der Waals surface area (Å²) >= 11 is 0. The molecule has 0 saturated carbocycles. The maximum atomic E-state index is 13.3. The second-order valence-corrected chi connectivity index (χ2v) is 5.23. The highest BCUT2D eigenvalue weighted by Gasteiger charge is 2.20. The third-order valence-corrected chi connectivity index (χ3v) is 3.79. The summed E-state index contributed by atoms with van der Waals surface area (Å²) in [5.41, 5.74) is 3.83. The van der Waals surface area contributed by atoms with Gasteiger partial charge in [0.25, 0.3) is 0 Å². The molecule has 0 bridgehead atoms. The molecule has 1 heterocycles. The van der Waals surface area contributed by atoms with Gasteiger partial charge in [-0.25, -0.2) is 4.39 Å². The zero-order valence-electron chi connectivity index (χ0n) is 12.9. The van der Waals surface area contributed by atoms with E-state index in [2.05, 4.69) is 12.0 Å². The van der Waals surface area contributed by atoms with Gasteiger partial charge >= 0.3 is 0 Å². The van der Waals surface area contributed by atoms with E-state index in [1.807, 2.05) is 24.6 Å². The summed E-state index contributed by atoms with van der Waals surface area (Å²) in [5.74, 6) is -0.234. The summed E-state index contributed by atoms with van der Waals surface area (Å²) in [6.45, 7) is 6.60. The van der Waals surface area contributed by atoms with Gasteiger partial charge in [0.05, 0.1) is 18.3 Å². The van der Waals surface area contributed by atoms with Gasteiger partial charge in [0, 0.05) is 11.3 Å². The molecule has 1 N–H and O–H groups in total. The fourth-order valence-electron chi connectivity index (χ4n) is 2.73. The molecule has 1 unspecified atom stereocenters. The average Bonchev–Trinajstić information content (AvgIpc) is 2.83. The Balaban J connectivity index is 2.41. The number of hydrogen-bond acceptors (Lipinski definition) is 2. The zero-order valence-corrected chi connectivity index (χ0v) is 12.9. The molecule has 2 aromatic rings. The van der Waals surface area contributed by atoms with Crippen molar-refractivity contribution < 1.29 is 9.50 Å². The summed E-state index contributed by atoms with van der Waals surface area (Å²) in [7, 11) is 0. The van der Waals surface area contributed by atoms with Gasteiger partial charge in [0.15, 0.2) is 0 Å². The molecule has 1 aromatic carbocycles. The van der Waals surface area contributed by atoms with E-state index in [9.17, 15) is 9.50 Å². The molecule has 0 aliphatic rings. The van der Waals surface area contributed by atoms with Gasteiger partial charge in [-0.05, 0) is 37.0 Å². The number of nitrogens with zero attached hydrogens (tertiary/aromatic N) is 2. The first kappa shape index (κ1) is 15.7. The Morgan fingerprint density at radius 3 is 2.57 bits per heavy atom. The number of aryl methyl sites for hydroxylation is 1. The lowest BCUT2D eigenvalue weighted by Gasteiger charge is -2.12. The van der Waals surface area contributed by atoms with Crippen LogP contribution in [-0.4, -0.2) is 14.9 Å². The van der Waals surface area contributed by atoms with E-state index in [-0.39, 0.29) is 5.82 Å². The minimum atomic E-state index is -0.476. The lowest BCUT2D eigenvalue weighted by atomic mass is 10.0. The maximum Gasteiger partial charge on any atom is 0.123 e. The molecule has 0 spiro atoms. The molecule has 21 heavy (non-hydrogen) atoms. The topological polar surface area (TPSA) is 38.0 Å². The van der Waals surface area contributed by atoms with Crippen molar-refractivity contribution in [2.24, 2.45) is 0 Å². The largest absolute Gasteiger partial charge is 0.388 e. The van der Waals surface area contributed by atoms with Crippen LogP contribution >= 0.6 is 0 Å². The number of aliphatic hydroxyl groups is 1. The molecule has 3 nitrogen and oxygen atoms in total. The number of hydrogen-bond donors (Lipinski definition) is 1. The Bertz CT molecular complexity index is 607. The summed E-state index contributed by atoms with van der Waals surface area (Å²) in [6, 6.07) is 6.58. The first-order valence-electron chi connectivity index (χ1n) is 7.61. The van der Waals surface area contributed by atoms with E-state index in [0.717, 1.165) is 35.4 Å². The molecule has 0 radical (unpaired) electrons. The molecular weight excluding hydrogens is 267 g/mol. The Morgan fingerprint density at radius 2 is 2.00 bits per heavy atom. The van der Waals surface area contributed by atoms with E-state index >= 15 is 0 Å². The monoisotopic (exact) mass is 290 g/mol. The minimum absolute atomic E-state index is 0.234. The van der Waals surface area contributed by atoms with Gasteiger partial charge in [0.1, 0.15) is 5.82 Å². The summed E-state index contributed by atoms with van der Waals surface area (Å²) in [4.78, 5) is 0. The van der Waals surface area contributed by atoms with Gasteiger partial charge < -0.3 is 5.11 Å². The molecule has 0 aliphatic heterocycles. The normalized spacial score (nSPS) is 12.6. The van der Waals surface area contributed by atoms with E-state index in [1.165, 1.54) is 12.1 Å². The van der Waals surface area contributed by atoms with Crippen LogP contribution in [0.4, 0.5) is 4.39 Å². The molecule has 2 rings (SSSR count). The second kappa shape index (κ2) is 6.85. The number of rotatable bonds is 6. The van der Waals surface area contributed by atoms with E-state index in [4.69, 9.17) is 0 Å². The predicted octanol–water partition coefficient (Wildman–Crippen LogP) is 3.64. The first-order valence-corrected chi connectivity index (χ1v) is 7.61. The molecule has 4 heteroatoms. The zero-order chi connectivity index (χ0) is 15.4. The van der Waals surface area contributed by atoms with Crippen molar-refractivity contribution in [2.75, 3.05) is 0 Å². The van der Waals surface area contributed by atoms with Gasteiger partial charge in [-0.2, -0.15) is 5.10 Å². The Kier molecular flexibility index (Phi) is 5.12. The number of aliphatic hydroxyl groups excluding tert-OH is 1. The van der Waals surface area contributed by atoms with Gasteiger partial charge in [-0.3, -0.25) is 4.68 Å².